The standard InChI is InChI=1S/C27H20ClN/c1-27(2)23-6-4-3-5-19(23)20-10-7-17(14-24(20)27)16-8-11-25-21(13-16)22-15-18(28)9-12-26(22)29-25/h3-15,29H,1-2H3. The van der Waals surface area contributed by atoms with Gasteiger partial charge in [-0.05, 0) is 69.8 Å². The minimum absolute atomic E-state index is 0.0142. The number of rotatable bonds is 1. The van der Waals surface area contributed by atoms with E-state index in [-0.39, 0.29) is 5.41 Å². The van der Waals surface area contributed by atoms with Crippen LogP contribution in [0.5, 0.6) is 0 Å². The molecular weight excluding hydrogens is 374 g/mol. The molecule has 1 aliphatic rings. The summed E-state index contributed by atoms with van der Waals surface area (Å²) < 4.78 is 0. The SMILES string of the molecule is CC1(C)c2ccccc2-c2ccc(-c3ccc4[nH]c5ccc(Cl)cc5c4c3)cc21. The molecule has 0 amide bonds. The average Bonchev–Trinajstić information content (AvgIpc) is 3.20. The molecule has 1 aliphatic carbocycles. The summed E-state index contributed by atoms with van der Waals surface area (Å²) in [6, 6.07) is 28.4. The minimum Gasteiger partial charge on any atom is -0.355 e. The second-order valence-electron chi connectivity index (χ2n) is 8.51. The lowest BCUT2D eigenvalue weighted by Gasteiger charge is -2.22. The Balaban J connectivity index is 1.55. The van der Waals surface area contributed by atoms with Gasteiger partial charge in [0.15, 0.2) is 0 Å². The number of hydrogen-bond acceptors (Lipinski definition) is 0. The second-order valence-corrected chi connectivity index (χ2v) is 8.94. The Hall–Kier alpha value is -3.03. The first-order valence-corrected chi connectivity index (χ1v) is 10.4. The van der Waals surface area contributed by atoms with E-state index < -0.39 is 0 Å². The molecular formula is C27H20ClN. The van der Waals surface area contributed by atoms with Crippen LogP contribution in [0.3, 0.4) is 0 Å². The highest BCUT2D eigenvalue weighted by Crippen LogP contribution is 2.49. The lowest BCUT2D eigenvalue weighted by atomic mass is 9.81. The third-order valence-corrected chi connectivity index (χ3v) is 6.71. The Kier molecular flexibility index (Phi) is 3.34. The van der Waals surface area contributed by atoms with Crippen LogP contribution < -0.4 is 0 Å². The molecule has 1 nitrogen and oxygen atoms in total. The van der Waals surface area contributed by atoms with E-state index in [4.69, 9.17) is 11.6 Å². The predicted molar refractivity (Wildman–Crippen MR) is 124 cm³/mol. The molecule has 0 aliphatic heterocycles. The molecule has 1 aromatic heterocycles. The first-order chi connectivity index (χ1) is 14.0. The maximum Gasteiger partial charge on any atom is 0.0465 e. The molecule has 0 radical (unpaired) electrons. The van der Waals surface area contributed by atoms with Crippen LogP contribution in [0, 0.1) is 0 Å². The molecule has 6 rings (SSSR count). The lowest BCUT2D eigenvalue weighted by Crippen LogP contribution is -2.14. The van der Waals surface area contributed by atoms with E-state index in [0.29, 0.717) is 0 Å². The van der Waals surface area contributed by atoms with Crippen LogP contribution in [0.1, 0.15) is 25.0 Å². The Bertz CT molecular complexity index is 1440. The monoisotopic (exact) mass is 393 g/mol. The number of aromatic nitrogens is 1. The molecule has 4 aromatic carbocycles. The smallest absolute Gasteiger partial charge is 0.0465 e. The normalized spacial score (nSPS) is 14.3. The maximum atomic E-state index is 6.26. The van der Waals surface area contributed by atoms with E-state index in [2.05, 4.69) is 79.5 Å². The van der Waals surface area contributed by atoms with Crippen molar-refractivity contribution in [1.82, 2.24) is 4.98 Å². The molecule has 0 unspecified atom stereocenters. The van der Waals surface area contributed by atoms with Crippen molar-refractivity contribution in [3.05, 3.63) is 95.0 Å². The Morgan fingerprint density at radius 3 is 2.17 bits per heavy atom. The summed E-state index contributed by atoms with van der Waals surface area (Å²) in [6.45, 7) is 4.65. The number of H-pyrrole nitrogens is 1. The van der Waals surface area contributed by atoms with Crippen LogP contribution >= 0.6 is 11.6 Å². The zero-order valence-corrected chi connectivity index (χ0v) is 17.1. The quantitative estimate of drug-likeness (QED) is 0.297. The van der Waals surface area contributed by atoms with E-state index in [1.54, 1.807) is 0 Å². The van der Waals surface area contributed by atoms with Gasteiger partial charge >= 0.3 is 0 Å². The van der Waals surface area contributed by atoms with Crippen molar-refractivity contribution in [3.8, 4) is 22.3 Å². The molecule has 0 bridgehead atoms. The van der Waals surface area contributed by atoms with Crippen LogP contribution in [-0.2, 0) is 5.41 Å². The molecule has 29 heavy (non-hydrogen) atoms. The number of aromatic amines is 1. The highest BCUT2D eigenvalue weighted by Gasteiger charge is 2.35. The van der Waals surface area contributed by atoms with Crippen LogP contribution in [0.25, 0.3) is 44.1 Å². The summed E-state index contributed by atoms with van der Waals surface area (Å²) in [6.07, 6.45) is 0. The Morgan fingerprint density at radius 1 is 0.655 bits per heavy atom. The number of hydrogen-bond donors (Lipinski definition) is 1. The van der Waals surface area contributed by atoms with E-state index in [1.165, 1.54) is 44.2 Å². The highest BCUT2D eigenvalue weighted by atomic mass is 35.5. The molecule has 5 aromatic rings. The second kappa shape index (κ2) is 5.75. The van der Waals surface area contributed by atoms with Gasteiger partial charge in [0.1, 0.15) is 0 Å². The molecule has 140 valence electrons. The van der Waals surface area contributed by atoms with Gasteiger partial charge in [-0.2, -0.15) is 0 Å². The third kappa shape index (κ3) is 2.34. The van der Waals surface area contributed by atoms with Crippen molar-refractivity contribution in [3.63, 3.8) is 0 Å². The largest absolute Gasteiger partial charge is 0.355 e. The number of benzene rings is 4. The summed E-state index contributed by atoms with van der Waals surface area (Å²) in [5.74, 6) is 0. The van der Waals surface area contributed by atoms with Crippen molar-refractivity contribution < 1.29 is 0 Å². The van der Waals surface area contributed by atoms with Crippen molar-refractivity contribution in [1.29, 1.82) is 0 Å². The van der Waals surface area contributed by atoms with Crippen LogP contribution in [0.2, 0.25) is 5.02 Å². The van der Waals surface area contributed by atoms with E-state index in [1.807, 2.05) is 18.2 Å². The number of halogens is 1. The van der Waals surface area contributed by atoms with E-state index in [9.17, 15) is 0 Å². The Labute approximate surface area is 175 Å². The summed E-state index contributed by atoms with van der Waals surface area (Å²) in [4.78, 5) is 3.49. The van der Waals surface area contributed by atoms with E-state index >= 15 is 0 Å². The first kappa shape index (κ1) is 16.9. The first-order valence-electron chi connectivity index (χ1n) is 9.98. The van der Waals surface area contributed by atoms with Gasteiger partial charge < -0.3 is 4.98 Å². The van der Waals surface area contributed by atoms with Gasteiger partial charge in [-0.25, -0.2) is 0 Å². The molecule has 2 heteroatoms. The molecule has 1 heterocycles. The van der Waals surface area contributed by atoms with Gasteiger partial charge in [0.25, 0.3) is 0 Å². The fourth-order valence-corrected chi connectivity index (χ4v) is 5.11. The average molecular weight is 394 g/mol. The van der Waals surface area contributed by atoms with Crippen LogP contribution in [0.4, 0.5) is 0 Å². The van der Waals surface area contributed by atoms with Gasteiger partial charge in [-0.3, -0.25) is 0 Å². The van der Waals surface area contributed by atoms with E-state index in [0.717, 1.165) is 16.1 Å². The maximum absolute atomic E-state index is 6.26. The van der Waals surface area contributed by atoms with Crippen molar-refractivity contribution in [2.24, 2.45) is 0 Å². The number of fused-ring (bicyclic) bond motifs is 6. The lowest BCUT2D eigenvalue weighted by molar-refractivity contribution is 0.660. The highest BCUT2D eigenvalue weighted by molar-refractivity contribution is 6.31. The van der Waals surface area contributed by atoms with Crippen molar-refractivity contribution >= 4 is 33.4 Å². The van der Waals surface area contributed by atoms with Gasteiger partial charge in [-0.1, -0.05) is 67.9 Å². The Morgan fingerprint density at radius 2 is 1.31 bits per heavy atom. The van der Waals surface area contributed by atoms with Crippen molar-refractivity contribution in [2.75, 3.05) is 0 Å². The summed E-state index contributed by atoms with van der Waals surface area (Å²) in [5, 5.41) is 3.15. The minimum atomic E-state index is 0.0142. The molecule has 0 saturated heterocycles. The molecule has 0 fully saturated rings. The molecule has 1 N–H and O–H groups in total. The summed E-state index contributed by atoms with van der Waals surface area (Å²) in [7, 11) is 0. The van der Waals surface area contributed by atoms with Gasteiger partial charge in [0.05, 0.1) is 0 Å². The number of nitrogens with one attached hydrogen (secondary N) is 1. The van der Waals surface area contributed by atoms with Gasteiger partial charge in [0.2, 0.25) is 0 Å². The van der Waals surface area contributed by atoms with Crippen molar-refractivity contribution in [2.45, 2.75) is 19.3 Å². The van der Waals surface area contributed by atoms with Crippen LogP contribution in [-0.4, -0.2) is 4.98 Å². The topological polar surface area (TPSA) is 15.8 Å². The molecule has 0 atom stereocenters. The van der Waals surface area contributed by atoms with Crippen LogP contribution in [0.15, 0.2) is 78.9 Å². The summed E-state index contributed by atoms with van der Waals surface area (Å²) in [5.41, 5.74) is 10.3. The fourth-order valence-electron chi connectivity index (χ4n) is 4.93. The predicted octanol–water partition coefficient (Wildman–Crippen LogP) is 7.95. The third-order valence-electron chi connectivity index (χ3n) is 6.48. The molecule has 0 saturated carbocycles. The molecule has 0 spiro atoms. The van der Waals surface area contributed by atoms with Gasteiger partial charge in [0, 0.05) is 32.2 Å². The summed E-state index contributed by atoms with van der Waals surface area (Å²) >= 11 is 6.26. The fraction of sp³-hybridized carbons (Fsp3) is 0.111. The zero-order chi connectivity index (χ0) is 19.8. The van der Waals surface area contributed by atoms with Gasteiger partial charge in [-0.15, -0.1) is 0 Å². The zero-order valence-electron chi connectivity index (χ0n) is 16.4.